The van der Waals surface area contributed by atoms with Gasteiger partial charge in [0.25, 0.3) is 5.91 Å². The van der Waals surface area contributed by atoms with Gasteiger partial charge in [0.15, 0.2) is 5.78 Å². The molecule has 0 atom stereocenters. The van der Waals surface area contributed by atoms with Crippen LogP contribution in [0.4, 0.5) is 0 Å². The fraction of sp³-hybridized carbons (Fsp3) is 0.333. The van der Waals surface area contributed by atoms with Gasteiger partial charge in [-0.2, -0.15) is 0 Å². The number of Topliss-reactive ketones (excluding diaryl/α,β-unsaturated/α-hetero) is 1. The van der Waals surface area contributed by atoms with Crippen LogP contribution in [0.1, 0.15) is 39.1 Å². The number of nitrogens with one attached hydrogen (secondary N) is 1. The van der Waals surface area contributed by atoms with E-state index in [1.807, 2.05) is 31.2 Å². The van der Waals surface area contributed by atoms with Crippen molar-refractivity contribution in [1.82, 2.24) is 5.32 Å². The Hall–Kier alpha value is -1.34. The molecule has 1 amide bonds. The summed E-state index contributed by atoms with van der Waals surface area (Å²) in [7, 11) is 4.45. The fourth-order valence-electron chi connectivity index (χ4n) is 2.53. The Bertz CT molecular complexity index is 862. The Morgan fingerprint density at radius 2 is 1.76 bits per heavy atom. The van der Waals surface area contributed by atoms with E-state index in [2.05, 4.69) is 5.32 Å². The molecule has 8 heteroatoms. The van der Waals surface area contributed by atoms with Gasteiger partial charge in [0.1, 0.15) is 5.75 Å². The van der Waals surface area contributed by atoms with E-state index < -0.39 is 0 Å². The number of benzene rings is 2. The third-order valence-corrected chi connectivity index (χ3v) is 6.93. The van der Waals surface area contributed by atoms with E-state index in [0.717, 1.165) is 15.4 Å². The number of rotatable bonds is 11. The summed E-state index contributed by atoms with van der Waals surface area (Å²) >= 11 is 11.4. The van der Waals surface area contributed by atoms with Crippen LogP contribution in [-0.2, 0) is 0 Å². The van der Waals surface area contributed by atoms with Gasteiger partial charge in [-0.25, -0.2) is 0 Å². The van der Waals surface area contributed by atoms with E-state index in [-0.39, 0.29) is 11.7 Å². The highest BCUT2D eigenvalue weighted by atomic mass is 35.5. The highest BCUT2D eigenvalue weighted by molar-refractivity contribution is 8.76. The lowest BCUT2D eigenvalue weighted by atomic mass is 10.1. The average molecular weight is 472 g/mol. The number of methoxy groups -OCH3 is 1. The maximum Gasteiger partial charge on any atom is 0.252 e. The Kier molecular flexibility index (Phi) is 10.2. The molecule has 2 aromatic rings. The predicted octanol–water partition coefficient (Wildman–Crippen LogP) is 5.97. The van der Waals surface area contributed by atoms with Gasteiger partial charge in [-0.05, 0) is 43.7 Å². The number of hydrogen-bond acceptors (Lipinski definition) is 5. The summed E-state index contributed by atoms with van der Waals surface area (Å²) in [5.41, 5.74) is 2.22. The lowest BCUT2D eigenvalue weighted by Gasteiger charge is -2.12. The molecule has 1 N–H and O–H groups in total. The number of ketones is 1. The summed E-state index contributed by atoms with van der Waals surface area (Å²) in [5, 5.41) is 2.81. The van der Waals surface area contributed by atoms with Crippen molar-refractivity contribution in [2.24, 2.45) is 0 Å². The zero-order chi connectivity index (χ0) is 21.2. The summed E-state index contributed by atoms with van der Waals surface area (Å²) in [6, 6.07) is 11.1. The van der Waals surface area contributed by atoms with E-state index in [9.17, 15) is 9.59 Å². The highest BCUT2D eigenvalue weighted by Crippen LogP contribution is 2.42. The SMILES string of the molecule is COc1ccc(C(=O)CCCCl)c(SSc2ccc(C)cc2C(=O)NCCCl)c1. The Morgan fingerprint density at radius 3 is 2.45 bits per heavy atom. The number of carbonyl (C=O) groups is 2. The van der Waals surface area contributed by atoms with Crippen LogP contribution in [0.25, 0.3) is 0 Å². The van der Waals surface area contributed by atoms with Crippen molar-refractivity contribution in [2.45, 2.75) is 29.6 Å². The first kappa shape index (κ1) is 23.9. The molecule has 2 rings (SSSR count). The molecule has 0 saturated heterocycles. The van der Waals surface area contributed by atoms with Crippen LogP contribution < -0.4 is 10.1 Å². The molecule has 0 aromatic heterocycles. The van der Waals surface area contributed by atoms with Crippen molar-refractivity contribution in [1.29, 1.82) is 0 Å². The van der Waals surface area contributed by atoms with Gasteiger partial charge in [-0.1, -0.05) is 33.2 Å². The second-order valence-electron chi connectivity index (χ2n) is 6.19. The maximum atomic E-state index is 12.6. The first-order valence-corrected chi connectivity index (χ1v) is 12.3. The van der Waals surface area contributed by atoms with Crippen molar-refractivity contribution in [2.75, 3.05) is 25.4 Å². The number of aryl methyl sites for hydroxylation is 1. The molecule has 0 aliphatic carbocycles. The van der Waals surface area contributed by atoms with Crippen LogP contribution in [0.5, 0.6) is 5.75 Å². The van der Waals surface area contributed by atoms with E-state index in [4.69, 9.17) is 27.9 Å². The van der Waals surface area contributed by atoms with Gasteiger partial charge in [0.05, 0.1) is 12.7 Å². The van der Waals surface area contributed by atoms with Crippen molar-refractivity contribution in [3.8, 4) is 5.75 Å². The number of carbonyl (C=O) groups excluding carboxylic acids is 2. The van der Waals surface area contributed by atoms with Crippen molar-refractivity contribution in [3.05, 3.63) is 53.1 Å². The third-order valence-electron chi connectivity index (χ3n) is 4.01. The number of hydrogen-bond donors (Lipinski definition) is 1. The lowest BCUT2D eigenvalue weighted by Crippen LogP contribution is -2.25. The van der Waals surface area contributed by atoms with Crippen molar-refractivity contribution >= 4 is 56.5 Å². The third kappa shape index (κ3) is 7.14. The average Bonchev–Trinajstić information content (AvgIpc) is 2.74. The van der Waals surface area contributed by atoms with Crippen molar-refractivity contribution in [3.63, 3.8) is 0 Å². The first-order valence-electron chi connectivity index (χ1n) is 9.06. The van der Waals surface area contributed by atoms with E-state index in [1.54, 1.807) is 19.2 Å². The molecular formula is C21H23Cl2NO3S2. The molecule has 0 fully saturated rings. The van der Waals surface area contributed by atoms with Gasteiger partial charge < -0.3 is 10.1 Å². The van der Waals surface area contributed by atoms with E-state index in [0.29, 0.717) is 48.0 Å². The molecule has 0 unspecified atom stereocenters. The van der Waals surface area contributed by atoms with Gasteiger partial charge in [0, 0.05) is 40.1 Å². The molecule has 0 aliphatic rings. The monoisotopic (exact) mass is 471 g/mol. The van der Waals surface area contributed by atoms with Crippen LogP contribution in [0, 0.1) is 6.92 Å². The van der Waals surface area contributed by atoms with Crippen molar-refractivity contribution < 1.29 is 14.3 Å². The number of halogens is 2. The van der Waals surface area contributed by atoms with E-state index >= 15 is 0 Å². The second kappa shape index (κ2) is 12.4. The fourth-order valence-corrected chi connectivity index (χ4v) is 5.13. The number of alkyl halides is 2. The minimum Gasteiger partial charge on any atom is -0.497 e. The lowest BCUT2D eigenvalue weighted by molar-refractivity contribution is 0.0950. The zero-order valence-corrected chi connectivity index (χ0v) is 19.4. The molecule has 0 saturated carbocycles. The highest BCUT2D eigenvalue weighted by Gasteiger charge is 2.16. The maximum absolute atomic E-state index is 12.6. The topological polar surface area (TPSA) is 55.4 Å². The molecular weight excluding hydrogens is 449 g/mol. The van der Waals surface area contributed by atoms with Crippen LogP contribution in [0.2, 0.25) is 0 Å². The zero-order valence-electron chi connectivity index (χ0n) is 16.3. The van der Waals surface area contributed by atoms with Crippen LogP contribution in [-0.4, -0.2) is 37.1 Å². The summed E-state index contributed by atoms with van der Waals surface area (Å²) in [4.78, 5) is 26.7. The predicted molar refractivity (Wildman–Crippen MR) is 123 cm³/mol. The van der Waals surface area contributed by atoms with Gasteiger partial charge in [0.2, 0.25) is 0 Å². The molecule has 0 heterocycles. The molecule has 0 radical (unpaired) electrons. The molecule has 0 bridgehead atoms. The normalized spacial score (nSPS) is 10.6. The minimum absolute atomic E-state index is 0.0420. The molecule has 156 valence electrons. The molecule has 0 spiro atoms. The molecule has 2 aromatic carbocycles. The summed E-state index contributed by atoms with van der Waals surface area (Å²) in [6.45, 7) is 2.34. The second-order valence-corrected chi connectivity index (χ2v) is 9.16. The van der Waals surface area contributed by atoms with E-state index in [1.165, 1.54) is 21.6 Å². The van der Waals surface area contributed by atoms with Gasteiger partial charge >= 0.3 is 0 Å². The van der Waals surface area contributed by atoms with Crippen LogP contribution in [0.3, 0.4) is 0 Å². The summed E-state index contributed by atoms with van der Waals surface area (Å²) in [6.07, 6.45) is 1.02. The van der Waals surface area contributed by atoms with Gasteiger partial charge in [-0.3, -0.25) is 9.59 Å². The Morgan fingerprint density at radius 1 is 1.00 bits per heavy atom. The smallest absolute Gasteiger partial charge is 0.252 e. The summed E-state index contributed by atoms with van der Waals surface area (Å²) in [5.74, 6) is 1.35. The molecule has 0 aliphatic heterocycles. The molecule has 4 nitrogen and oxygen atoms in total. The first-order chi connectivity index (χ1) is 14.0. The molecule has 29 heavy (non-hydrogen) atoms. The quantitative estimate of drug-likeness (QED) is 0.248. The minimum atomic E-state index is -0.165. The summed E-state index contributed by atoms with van der Waals surface area (Å²) < 4.78 is 5.31. The van der Waals surface area contributed by atoms with Crippen LogP contribution >= 0.6 is 44.8 Å². The largest absolute Gasteiger partial charge is 0.497 e. The Labute approximate surface area is 189 Å². The number of ether oxygens (including phenoxy) is 1. The van der Waals surface area contributed by atoms with Crippen LogP contribution in [0.15, 0.2) is 46.2 Å². The Balaban J connectivity index is 2.26. The van der Waals surface area contributed by atoms with Gasteiger partial charge in [-0.15, -0.1) is 23.2 Å². The standard InChI is InChI=1S/C21H23Cl2NO3S2/c1-14-5-8-19(17(12-14)21(26)24-11-10-23)28-29-20-13-15(27-2)6-7-16(20)18(25)4-3-9-22/h5-8,12-13H,3-4,9-11H2,1-2H3,(H,24,26). The number of amides is 1.